The largest absolute Gasteiger partial charge is 0.480 e. The predicted molar refractivity (Wildman–Crippen MR) is 73.4 cm³/mol. The molecule has 0 aliphatic heterocycles. The number of carbonyl (C=O) groups is 2. The van der Waals surface area contributed by atoms with Gasteiger partial charge in [-0.2, -0.15) is 0 Å². The van der Waals surface area contributed by atoms with Gasteiger partial charge in [-0.3, -0.25) is 4.79 Å². The Bertz CT molecular complexity index is 693. The molecule has 2 N–H and O–H groups in total. The van der Waals surface area contributed by atoms with E-state index >= 15 is 0 Å². The molecule has 0 bridgehead atoms. The van der Waals surface area contributed by atoms with Crippen molar-refractivity contribution in [1.29, 1.82) is 0 Å². The highest BCUT2D eigenvalue weighted by molar-refractivity contribution is 7.20. The number of rotatable bonds is 4. The molecule has 0 radical (unpaired) electrons. The van der Waals surface area contributed by atoms with E-state index in [0.29, 0.717) is 10.3 Å². The van der Waals surface area contributed by atoms with E-state index in [0.717, 1.165) is 17.5 Å². The zero-order chi connectivity index (χ0) is 14.3. The molecule has 3 rings (SSSR count). The third-order valence-corrected chi connectivity index (χ3v) is 4.46. The maximum Gasteiger partial charge on any atom is 0.326 e. The summed E-state index contributed by atoms with van der Waals surface area (Å²) in [4.78, 5) is 23.6. The third-order valence-electron chi connectivity index (χ3n) is 3.35. The number of thiophene rings is 1. The fourth-order valence-electron chi connectivity index (χ4n) is 2.15. The van der Waals surface area contributed by atoms with Crippen LogP contribution >= 0.6 is 11.3 Å². The number of hydrogen-bond acceptors (Lipinski definition) is 3. The number of carboxylic acids is 1. The van der Waals surface area contributed by atoms with Gasteiger partial charge in [-0.25, -0.2) is 9.18 Å². The second-order valence-corrected chi connectivity index (χ2v) is 6.00. The molecule has 1 saturated carbocycles. The Morgan fingerprint density at radius 1 is 1.35 bits per heavy atom. The first-order chi connectivity index (χ1) is 9.54. The van der Waals surface area contributed by atoms with Gasteiger partial charge in [0, 0.05) is 4.70 Å². The van der Waals surface area contributed by atoms with Crippen molar-refractivity contribution < 1.29 is 19.1 Å². The molecule has 20 heavy (non-hydrogen) atoms. The fourth-order valence-corrected chi connectivity index (χ4v) is 3.10. The van der Waals surface area contributed by atoms with Crippen LogP contribution in [-0.2, 0) is 4.79 Å². The van der Waals surface area contributed by atoms with Crippen LogP contribution in [0, 0.1) is 11.7 Å². The van der Waals surface area contributed by atoms with E-state index in [2.05, 4.69) is 5.32 Å². The molecule has 1 aromatic heterocycles. The Kier molecular flexibility index (Phi) is 3.17. The van der Waals surface area contributed by atoms with Crippen molar-refractivity contribution in [1.82, 2.24) is 5.32 Å². The van der Waals surface area contributed by atoms with Crippen LogP contribution < -0.4 is 5.32 Å². The van der Waals surface area contributed by atoms with Gasteiger partial charge in [0.2, 0.25) is 0 Å². The van der Waals surface area contributed by atoms with Crippen molar-refractivity contribution in [3.05, 3.63) is 35.0 Å². The standard InChI is InChI=1S/C14H12FNO3S/c15-9-3-4-10-8(5-9)6-11(20-10)13(17)16-12(14(18)19)7-1-2-7/h3-7,12H,1-2H2,(H,16,17)(H,18,19). The lowest BCUT2D eigenvalue weighted by molar-refractivity contribution is -0.139. The number of fused-ring (bicyclic) bond motifs is 1. The zero-order valence-corrected chi connectivity index (χ0v) is 11.2. The van der Waals surface area contributed by atoms with Crippen LogP contribution in [0.1, 0.15) is 22.5 Å². The molecular formula is C14H12FNO3S. The predicted octanol–water partition coefficient (Wildman–Crippen LogP) is 2.63. The van der Waals surface area contributed by atoms with Gasteiger partial charge in [0.15, 0.2) is 0 Å². The monoisotopic (exact) mass is 293 g/mol. The second-order valence-electron chi connectivity index (χ2n) is 4.92. The van der Waals surface area contributed by atoms with Crippen LogP contribution in [-0.4, -0.2) is 23.0 Å². The van der Waals surface area contributed by atoms with Gasteiger partial charge in [-0.1, -0.05) is 0 Å². The molecule has 2 aromatic rings. The minimum absolute atomic E-state index is 0.0308. The summed E-state index contributed by atoms with van der Waals surface area (Å²) in [7, 11) is 0. The van der Waals surface area contributed by atoms with Crippen molar-refractivity contribution in [2.24, 2.45) is 5.92 Å². The Morgan fingerprint density at radius 2 is 2.10 bits per heavy atom. The van der Waals surface area contributed by atoms with Gasteiger partial charge in [0.05, 0.1) is 4.88 Å². The van der Waals surface area contributed by atoms with Gasteiger partial charge in [0.1, 0.15) is 11.9 Å². The first-order valence-corrected chi connectivity index (χ1v) is 7.09. The molecule has 1 aliphatic rings. The number of halogens is 1. The van der Waals surface area contributed by atoms with Gasteiger partial charge >= 0.3 is 5.97 Å². The van der Waals surface area contributed by atoms with Crippen LogP contribution in [0.2, 0.25) is 0 Å². The van der Waals surface area contributed by atoms with Crippen molar-refractivity contribution in [3.63, 3.8) is 0 Å². The molecule has 0 saturated heterocycles. The zero-order valence-electron chi connectivity index (χ0n) is 10.4. The molecule has 0 spiro atoms. The van der Waals surface area contributed by atoms with Crippen molar-refractivity contribution in [2.75, 3.05) is 0 Å². The van der Waals surface area contributed by atoms with E-state index in [1.54, 1.807) is 12.1 Å². The van der Waals surface area contributed by atoms with Crippen LogP contribution in [0.4, 0.5) is 4.39 Å². The minimum Gasteiger partial charge on any atom is -0.480 e. The Hall–Kier alpha value is -1.95. The average molecular weight is 293 g/mol. The fraction of sp³-hybridized carbons (Fsp3) is 0.286. The number of amides is 1. The molecule has 1 amide bonds. The summed E-state index contributed by atoms with van der Waals surface area (Å²) in [5.41, 5.74) is 0. The summed E-state index contributed by atoms with van der Waals surface area (Å²) < 4.78 is 13.9. The lowest BCUT2D eigenvalue weighted by Crippen LogP contribution is -2.42. The summed E-state index contributed by atoms with van der Waals surface area (Å²) in [6.07, 6.45) is 1.66. The SMILES string of the molecule is O=C(NC(C(=O)O)C1CC1)c1cc2cc(F)ccc2s1. The van der Waals surface area contributed by atoms with Gasteiger partial charge in [-0.05, 0) is 48.4 Å². The summed E-state index contributed by atoms with van der Waals surface area (Å²) in [5.74, 6) is -1.74. The maximum atomic E-state index is 13.1. The Morgan fingerprint density at radius 3 is 2.75 bits per heavy atom. The second kappa shape index (κ2) is 4.86. The summed E-state index contributed by atoms with van der Waals surface area (Å²) >= 11 is 1.23. The number of carboxylic acid groups (broad SMARTS) is 1. The summed E-state index contributed by atoms with van der Waals surface area (Å²) in [6, 6.07) is 5.07. The molecule has 4 nitrogen and oxygen atoms in total. The quantitative estimate of drug-likeness (QED) is 0.910. The van der Waals surface area contributed by atoms with Gasteiger partial charge < -0.3 is 10.4 Å². The smallest absolute Gasteiger partial charge is 0.326 e. The number of hydrogen-bond donors (Lipinski definition) is 2. The average Bonchev–Trinajstić information content (AvgIpc) is 3.14. The van der Waals surface area contributed by atoms with Crippen LogP contribution in [0.3, 0.4) is 0 Å². The number of benzene rings is 1. The molecule has 1 aliphatic carbocycles. The third kappa shape index (κ3) is 2.51. The van der Waals surface area contributed by atoms with Gasteiger partial charge in [-0.15, -0.1) is 11.3 Å². The van der Waals surface area contributed by atoms with E-state index in [9.17, 15) is 14.0 Å². The number of carbonyl (C=O) groups excluding carboxylic acids is 1. The van der Waals surface area contributed by atoms with Crippen LogP contribution in [0.15, 0.2) is 24.3 Å². The normalized spacial score (nSPS) is 16.1. The molecule has 1 atom stereocenters. The number of aliphatic carboxylic acids is 1. The van der Waals surface area contributed by atoms with E-state index < -0.39 is 17.9 Å². The lowest BCUT2D eigenvalue weighted by atomic mass is 10.2. The minimum atomic E-state index is -1.01. The first-order valence-electron chi connectivity index (χ1n) is 6.27. The first kappa shape index (κ1) is 13.1. The Labute approximate surface area is 118 Å². The van der Waals surface area contributed by atoms with Gasteiger partial charge in [0.25, 0.3) is 5.91 Å². The van der Waals surface area contributed by atoms with E-state index in [-0.39, 0.29) is 11.7 Å². The van der Waals surface area contributed by atoms with E-state index in [1.807, 2.05) is 0 Å². The van der Waals surface area contributed by atoms with Crippen LogP contribution in [0.5, 0.6) is 0 Å². The highest BCUT2D eigenvalue weighted by atomic mass is 32.1. The number of nitrogens with one attached hydrogen (secondary N) is 1. The van der Waals surface area contributed by atoms with Crippen LogP contribution in [0.25, 0.3) is 10.1 Å². The summed E-state index contributed by atoms with van der Waals surface area (Å²) in [5, 5.41) is 12.3. The molecule has 6 heteroatoms. The summed E-state index contributed by atoms with van der Waals surface area (Å²) in [6.45, 7) is 0. The van der Waals surface area contributed by atoms with Crippen molar-refractivity contribution in [2.45, 2.75) is 18.9 Å². The molecule has 1 aromatic carbocycles. The molecule has 1 heterocycles. The molecular weight excluding hydrogens is 281 g/mol. The topological polar surface area (TPSA) is 66.4 Å². The molecule has 1 fully saturated rings. The van der Waals surface area contributed by atoms with E-state index in [1.165, 1.54) is 23.5 Å². The van der Waals surface area contributed by atoms with Crippen molar-refractivity contribution >= 4 is 33.3 Å². The molecule has 1 unspecified atom stereocenters. The molecule has 104 valence electrons. The van der Waals surface area contributed by atoms with E-state index in [4.69, 9.17) is 5.11 Å². The Balaban J connectivity index is 1.82. The maximum absolute atomic E-state index is 13.1. The van der Waals surface area contributed by atoms with Crippen molar-refractivity contribution in [3.8, 4) is 0 Å². The highest BCUT2D eigenvalue weighted by Gasteiger charge is 2.37. The lowest BCUT2D eigenvalue weighted by Gasteiger charge is -2.12. The highest BCUT2D eigenvalue weighted by Crippen LogP contribution is 2.33.